The van der Waals surface area contributed by atoms with Crippen LogP contribution in [0.25, 0.3) is 0 Å². The predicted octanol–water partition coefficient (Wildman–Crippen LogP) is 2.18. The van der Waals surface area contributed by atoms with Gasteiger partial charge in [0.1, 0.15) is 0 Å². The summed E-state index contributed by atoms with van der Waals surface area (Å²) >= 11 is 0. The van der Waals surface area contributed by atoms with Crippen LogP contribution in [-0.4, -0.2) is 13.1 Å². The summed E-state index contributed by atoms with van der Waals surface area (Å²) in [5.74, 6) is 5.96. The lowest BCUT2D eigenvalue weighted by atomic mass is 10.2. The summed E-state index contributed by atoms with van der Waals surface area (Å²) in [4.78, 5) is 0. The third-order valence-electron chi connectivity index (χ3n) is 1.51. The van der Waals surface area contributed by atoms with Gasteiger partial charge in [0.15, 0.2) is 0 Å². The first-order valence-electron chi connectivity index (χ1n) is 4.52. The van der Waals surface area contributed by atoms with Crippen LogP contribution in [0.1, 0.15) is 39.5 Å². The van der Waals surface area contributed by atoms with E-state index in [2.05, 4.69) is 24.1 Å². The summed E-state index contributed by atoms with van der Waals surface area (Å²) in [6.07, 6.45) is 4.78. The van der Waals surface area contributed by atoms with Gasteiger partial charge >= 0.3 is 0 Å². The van der Waals surface area contributed by atoms with E-state index in [-0.39, 0.29) is 0 Å². The van der Waals surface area contributed by atoms with Crippen LogP contribution in [0.2, 0.25) is 0 Å². The first kappa shape index (κ1) is 10.5. The molecule has 0 rings (SSSR count). The molecule has 0 bridgehead atoms. The van der Waals surface area contributed by atoms with Crippen molar-refractivity contribution in [1.29, 1.82) is 0 Å². The zero-order chi connectivity index (χ0) is 8.36. The Morgan fingerprint density at radius 2 is 2.00 bits per heavy atom. The molecule has 0 aromatic carbocycles. The topological polar surface area (TPSA) is 12.0 Å². The molecule has 0 aromatic heterocycles. The third kappa shape index (κ3) is 9.52. The molecular weight excluding hydrogens is 134 g/mol. The van der Waals surface area contributed by atoms with E-state index >= 15 is 0 Å². The second-order valence-corrected chi connectivity index (χ2v) is 2.63. The van der Waals surface area contributed by atoms with Gasteiger partial charge in [-0.05, 0) is 39.3 Å². The highest BCUT2D eigenvalue weighted by atomic mass is 14.8. The van der Waals surface area contributed by atoms with Gasteiger partial charge in [-0.25, -0.2) is 0 Å². The fourth-order valence-electron chi connectivity index (χ4n) is 0.890. The molecular formula is C10H19N. The Morgan fingerprint density at radius 1 is 1.18 bits per heavy atom. The van der Waals surface area contributed by atoms with Gasteiger partial charge in [0, 0.05) is 6.42 Å². The van der Waals surface area contributed by atoms with E-state index in [1.54, 1.807) is 0 Å². The van der Waals surface area contributed by atoms with Crippen LogP contribution in [-0.2, 0) is 0 Å². The van der Waals surface area contributed by atoms with Crippen molar-refractivity contribution in [2.75, 3.05) is 13.1 Å². The van der Waals surface area contributed by atoms with Crippen molar-refractivity contribution in [3.8, 4) is 11.8 Å². The Balaban J connectivity index is 2.83. The molecule has 1 N–H and O–H groups in total. The summed E-state index contributed by atoms with van der Waals surface area (Å²) in [6.45, 7) is 6.39. The Bertz CT molecular complexity index is 119. The maximum Gasteiger partial charge on any atom is 0.00890 e. The second-order valence-electron chi connectivity index (χ2n) is 2.63. The Kier molecular flexibility index (Phi) is 9.10. The summed E-state index contributed by atoms with van der Waals surface area (Å²) in [6, 6.07) is 0. The summed E-state index contributed by atoms with van der Waals surface area (Å²) < 4.78 is 0. The van der Waals surface area contributed by atoms with Crippen LogP contribution < -0.4 is 5.32 Å². The fraction of sp³-hybridized carbons (Fsp3) is 0.800. The molecule has 1 nitrogen and oxygen atoms in total. The first-order chi connectivity index (χ1) is 5.41. The molecule has 0 heterocycles. The van der Waals surface area contributed by atoms with Crippen molar-refractivity contribution < 1.29 is 0 Å². The van der Waals surface area contributed by atoms with E-state index in [1.807, 2.05) is 6.92 Å². The summed E-state index contributed by atoms with van der Waals surface area (Å²) in [5.41, 5.74) is 0. The van der Waals surface area contributed by atoms with Crippen molar-refractivity contribution in [3.63, 3.8) is 0 Å². The van der Waals surface area contributed by atoms with Crippen molar-refractivity contribution in [2.45, 2.75) is 39.5 Å². The molecule has 64 valence electrons. The summed E-state index contributed by atoms with van der Waals surface area (Å²) in [5, 5.41) is 3.36. The third-order valence-corrected chi connectivity index (χ3v) is 1.51. The molecule has 0 amide bonds. The van der Waals surface area contributed by atoms with E-state index in [0.717, 1.165) is 19.5 Å². The van der Waals surface area contributed by atoms with Gasteiger partial charge in [-0.3, -0.25) is 0 Å². The van der Waals surface area contributed by atoms with Gasteiger partial charge in [0.25, 0.3) is 0 Å². The summed E-state index contributed by atoms with van der Waals surface area (Å²) in [7, 11) is 0. The van der Waals surface area contributed by atoms with Gasteiger partial charge in [0.05, 0.1) is 0 Å². The fourth-order valence-corrected chi connectivity index (χ4v) is 0.890. The quantitative estimate of drug-likeness (QED) is 0.455. The normalized spacial score (nSPS) is 8.91. The minimum absolute atomic E-state index is 1.06. The van der Waals surface area contributed by atoms with Gasteiger partial charge in [-0.1, -0.05) is 6.92 Å². The van der Waals surface area contributed by atoms with Gasteiger partial charge < -0.3 is 5.32 Å². The number of hydrogen-bond acceptors (Lipinski definition) is 1. The van der Waals surface area contributed by atoms with E-state index in [9.17, 15) is 0 Å². The maximum atomic E-state index is 3.36. The van der Waals surface area contributed by atoms with Crippen LogP contribution in [0.4, 0.5) is 0 Å². The molecule has 0 aliphatic heterocycles. The molecule has 0 aliphatic rings. The van der Waals surface area contributed by atoms with E-state index in [4.69, 9.17) is 0 Å². The average molecular weight is 153 g/mol. The first-order valence-corrected chi connectivity index (χ1v) is 4.52. The molecule has 0 spiro atoms. The molecule has 0 fully saturated rings. The zero-order valence-corrected chi connectivity index (χ0v) is 7.74. The highest BCUT2D eigenvalue weighted by Gasteiger charge is 1.85. The Hall–Kier alpha value is -0.480. The van der Waals surface area contributed by atoms with Gasteiger partial charge in [-0.15, -0.1) is 11.8 Å². The number of unbranched alkanes of at least 4 members (excludes halogenated alkanes) is 2. The smallest absolute Gasteiger partial charge is 0.00890 e. The second kappa shape index (κ2) is 9.52. The largest absolute Gasteiger partial charge is 0.317 e. The lowest BCUT2D eigenvalue weighted by Crippen LogP contribution is -2.15. The van der Waals surface area contributed by atoms with Crippen molar-refractivity contribution in [3.05, 3.63) is 0 Å². The van der Waals surface area contributed by atoms with E-state index in [1.165, 1.54) is 19.3 Å². The predicted molar refractivity (Wildman–Crippen MR) is 50.5 cm³/mol. The highest BCUT2D eigenvalue weighted by Crippen LogP contribution is 1.91. The zero-order valence-electron chi connectivity index (χ0n) is 7.74. The van der Waals surface area contributed by atoms with Crippen molar-refractivity contribution in [2.24, 2.45) is 0 Å². The van der Waals surface area contributed by atoms with Crippen LogP contribution in [0.15, 0.2) is 0 Å². The average Bonchev–Trinajstić information content (AvgIpc) is 2.03. The number of nitrogens with one attached hydrogen (secondary N) is 1. The Morgan fingerprint density at radius 3 is 2.64 bits per heavy atom. The molecule has 0 radical (unpaired) electrons. The standard InChI is InChI=1S/C10H19N/c1-3-5-6-7-8-10-11-9-4-2/h11H,4,6-10H2,1-2H3. The number of rotatable bonds is 6. The molecule has 0 saturated carbocycles. The Labute approximate surface area is 70.6 Å². The minimum atomic E-state index is 1.06. The number of hydrogen-bond donors (Lipinski definition) is 1. The monoisotopic (exact) mass is 153 g/mol. The van der Waals surface area contributed by atoms with Crippen LogP contribution >= 0.6 is 0 Å². The molecule has 0 atom stereocenters. The maximum absolute atomic E-state index is 3.36. The lowest BCUT2D eigenvalue weighted by Gasteiger charge is -1.99. The van der Waals surface area contributed by atoms with Crippen LogP contribution in [0, 0.1) is 11.8 Å². The van der Waals surface area contributed by atoms with E-state index in [0.29, 0.717) is 0 Å². The minimum Gasteiger partial charge on any atom is -0.317 e. The SMILES string of the molecule is CC#CCCCCNCCC. The molecule has 1 heteroatoms. The molecule has 0 aromatic rings. The van der Waals surface area contributed by atoms with E-state index < -0.39 is 0 Å². The van der Waals surface area contributed by atoms with Crippen LogP contribution in [0.3, 0.4) is 0 Å². The molecule has 11 heavy (non-hydrogen) atoms. The van der Waals surface area contributed by atoms with Crippen molar-refractivity contribution >= 4 is 0 Å². The van der Waals surface area contributed by atoms with Crippen molar-refractivity contribution in [1.82, 2.24) is 5.32 Å². The molecule has 0 saturated heterocycles. The van der Waals surface area contributed by atoms with Gasteiger partial charge in [0.2, 0.25) is 0 Å². The highest BCUT2D eigenvalue weighted by molar-refractivity contribution is 4.94. The molecule has 0 aliphatic carbocycles. The lowest BCUT2D eigenvalue weighted by molar-refractivity contribution is 0.623. The van der Waals surface area contributed by atoms with Crippen LogP contribution in [0.5, 0.6) is 0 Å². The van der Waals surface area contributed by atoms with Gasteiger partial charge in [-0.2, -0.15) is 0 Å². The molecule has 0 unspecified atom stereocenters.